The molecular formula is C12H15NO4S. The Bertz CT molecular complexity index is 553. The van der Waals surface area contributed by atoms with E-state index in [1.165, 1.54) is 4.31 Å². The fourth-order valence-electron chi connectivity index (χ4n) is 2.08. The van der Waals surface area contributed by atoms with Crippen LogP contribution in [0.4, 0.5) is 5.69 Å². The molecule has 0 spiro atoms. The van der Waals surface area contributed by atoms with Crippen LogP contribution in [0.1, 0.15) is 18.4 Å². The zero-order valence-corrected chi connectivity index (χ0v) is 10.7. The first-order chi connectivity index (χ1) is 8.49. The van der Waals surface area contributed by atoms with E-state index in [2.05, 4.69) is 0 Å². The van der Waals surface area contributed by atoms with Gasteiger partial charge in [-0.25, -0.2) is 8.42 Å². The van der Waals surface area contributed by atoms with Crippen molar-refractivity contribution in [2.24, 2.45) is 0 Å². The fourth-order valence-corrected chi connectivity index (χ4v) is 3.71. The summed E-state index contributed by atoms with van der Waals surface area (Å²) in [6, 6.07) is 6.72. The van der Waals surface area contributed by atoms with Crippen LogP contribution in [-0.4, -0.2) is 31.8 Å². The number of benzene rings is 1. The van der Waals surface area contributed by atoms with Gasteiger partial charge in [-0.05, 0) is 30.5 Å². The smallest absolute Gasteiger partial charge is 0.307 e. The molecule has 18 heavy (non-hydrogen) atoms. The Morgan fingerprint density at radius 2 is 2.11 bits per heavy atom. The van der Waals surface area contributed by atoms with Crippen molar-refractivity contribution in [3.8, 4) is 0 Å². The highest BCUT2D eigenvalue weighted by atomic mass is 32.2. The van der Waals surface area contributed by atoms with E-state index in [4.69, 9.17) is 5.11 Å². The standard InChI is InChI=1S/C12H15NO4S/c14-12(15)9-10-4-3-5-11(8-10)13-6-1-2-7-18(13,16)17/h3-5,8H,1-2,6-7,9H2,(H,14,15). The Balaban J connectivity index is 2.30. The van der Waals surface area contributed by atoms with Crippen molar-refractivity contribution in [3.05, 3.63) is 29.8 Å². The van der Waals surface area contributed by atoms with Crippen molar-refractivity contribution >= 4 is 21.7 Å². The van der Waals surface area contributed by atoms with Gasteiger partial charge in [0.25, 0.3) is 0 Å². The van der Waals surface area contributed by atoms with Crippen LogP contribution in [0.2, 0.25) is 0 Å². The molecule has 0 bridgehead atoms. The lowest BCUT2D eigenvalue weighted by molar-refractivity contribution is -0.136. The second-order valence-corrected chi connectivity index (χ2v) is 6.35. The van der Waals surface area contributed by atoms with E-state index in [0.717, 1.165) is 6.42 Å². The van der Waals surface area contributed by atoms with Gasteiger partial charge in [-0.15, -0.1) is 0 Å². The van der Waals surface area contributed by atoms with Crippen LogP contribution in [0, 0.1) is 0 Å². The quantitative estimate of drug-likeness (QED) is 0.896. The average Bonchev–Trinajstić information content (AvgIpc) is 2.27. The summed E-state index contributed by atoms with van der Waals surface area (Å²) in [5.74, 6) is -0.760. The van der Waals surface area contributed by atoms with Crippen LogP contribution in [-0.2, 0) is 21.2 Å². The van der Waals surface area contributed by atoms with Crippen LogP contribution >= 0.6 is 0 Å². The van der Waals surface area contributed by atoms with E-state index in [1.54, 1.807) is 24.3 Å². The minimum absolute atomic E-state index is 0.0955. The summed E-state index contributed by atoms with van der Waals surface area (Å²) in [6.07, 6.45) is 1.43. The third-order valence-corrected chi connectivity index (χ3v) is 4.77. The summed E-state index contributed by atoms with van der Waals surface area (Å²) in [7, 11) is -3.24. The third-order valence-electron chi connectivity index (χ3n) is 2.90. The molecule has 0 aliphatic carbocycles. The number of aliphatic carboxylic acids is 1. The van der Waals surface area contributed by atoms with Crippen molar-refractivity contribution < 1.29 is 18.3 Å². The minimum Gasteiger partial charge on any atom is -0.481 e. The number of carboxylic acids is 1. The molecule has 1 aliphatic heterocycles. The second kappa shape index (κ2) is 4.97. The molecule has 1 aromatic carbocycles. The second-order valence-electron chi connectivity index (χ2n) is 4.34. The van der Waals surface area contributed by atoms with Gasteiger partial charge < -0.3 is 5.11 Å². The molecule has 98 valence electrons. The molecule has 0 amide bonds. The molecule has 0 atom stereocenters. The third kappa shape index (κ3) is 2.81. The van der Waals surface area contributed by atoms with Crippen LogP contribution in [0.3, 0.4) is 0 Å². The predicted molar refractivity (Wildman–Crippen MR) is 68.1 cm³/mol. The SMILES string of the molecule is O=C(O)Cc1cccc(N2CCCCS2(=O)=O)c1. The maximum absolute atomic E-state index is 11.9. The van der Waals surface area contributed by atoms with Gasteiger partial charge in [0.2, 0.25) is 10.0 Å². The molecule has 0 saturated carbocycles. The van der Waals surface area contributed by atoms with E-state index in [-0.39, 0.29) is 12.2 Å². The lowest BCUT2D eigenvalue weighted by atomic mass is 10.1. The largest absolute Gasteiger partial charge is 0.481 e. The van der Waals surface area contributed by atoms with E-state index < -0.39 is 16.0 Å². The molecule has 1 aliphatic rings. The van der Waals surface area contributed by atoms with Gasteiger partial charge in [0.15, 0.2) is 0 Å². The summed E-state index contributed by atoms with van der Waals surface area (Å²) in [5, 5.41) is 8.74. The fraction of sp³-hybridized carbons (Fsp3) is 0.417. The Morgan fingerprint density at radius 3 is 2.78 bits per heavy atom. The highest BCUT2D eigenvalue weighted by molar-refractivity contribution is 7.92. The minimum atomic E-state index is -3.24. The Morgan fingerprint density at radius 1 is 1.33 bits per heavy atom. The molecule has 6 heteroatoms. The molecule has 1 aromatic rings. The van der Waals surface area contributed by atoms with Crippen LogP contribution in [0.5, 0.6) is 0 Å². The van der Waals surface area contributed by atoms with E-state index in [0.29, 0.717) is 24.2 Å². The summed E-state index contributed by atoms with van der Waals surface area (Å²) >= 11 is 0. The highest BCUT2D eigenvalue weighted by Crippen LogP contribution is 2.24. The van der Waals surface area contributed by atoms with Crippen LogP contribution in [0.15, 0.2) is 24.3 Å². The maximum Gasteiger partial charge on any atom is 0.307 e. The van der Waals surface area contributed by atoms with Gasteiger partial charge in [0, 0.05) is 6.54 Å². The topological polar surface area (TPSA) is 74.7 Å². The van der Waals surface area contributed by atoms with E-state index in [1.807, 2.05) is 0 Å². The number of anilines is 1. The van der Waals surface area contributed by atoms with Crippen molar-refractivity contribution in [3.63, 3.8) is 0 Å². The molecular weight excluding hydrogens is 254 g/mol. The summed E-state index contributed by atoms with van der Waals surface area (Å²) < 4.78 is 25.2. The van der Waals surface area contributed by atoms with Crippen molar-refractivity contribution in [2.45, 2.75) is 19.3 Å². The van der Waals surface area contributed by atoms with Gasteiger partial charge in [-0.1, -0.05) is 12.1 Å². The van der Waals surface area contributed by atoms with Crippen LogP contribution in [0.25, 0.3) is 0 Å². The van der Waals surface area contributed by atoms with Gasteiger partial charge in [-0.2, -0.15) is 0 Å². The highest BCUT2D eigenvalue weighted by Gasteiger charge is 2.25. The molecule has 2 rings (SSSR count). The molecule has 0 aromatic heterocycles. The monoisotopic (exact) mass is 269 g/mol. The lowest BCUT2D eigenvalue weighted by Crippen LogP contribution is -2.37. The summed E-state index contributed by atoms with van der Waals surface area (Å²) in [4.78, 5) is 10.7. The Kier molecular flexibility index (Phi) is 3.56. The van der Waals surface area contributed by atoms with Crippen molar-refractivity contribution in [1.82, 2.24) is 0 Å². The van der Waals surface area contributed by atoms with Gasteiger partial charge in [-0.3, -0.25) is 9.10 Å². The first kappa shape index (κ1) is 12.9. The number of carboxylic acid groups (broad SMARTS) is 1. The number of rotatable bonds is 3. The maximum atomic E-state index is 11.9. The number of carbonyl (C=O) groups is 1. The molecule has 0 unspecified atom stereocenters. The van der Waals surface area contributed by atoms with Gasteiger partial charge in [0.1, 0.15) is 0 Å². The van der Waals surface area contributed by atoms with Gasteiger partial charge in [0.05, 0.1) is 17.9 Å². The van der Waals surface area contributed by atoms with Crippen molar-refractivity contribution in [1.29, 1.82) is 0 Å². The van der Waals surface area contributed by atoms with E-state index >= 15 is 0 Å². The number of nitrogens with zero attached hydrogens (tertiary/aromatic N) is 1. The summed E-state index contributed by atoms with van der Waals surface area (Å²) in [5.41, 5.74) is 1.18. The lowest BCUT2D eigenvalue weighted by Gasteiger charge is -2.28. The van der Waals surface area contributed by atoms with Gasteiger partial charge >= 0.3 is 5.97 Å². The predicted octanol–water partition coefficient (Wildman–Crippen LogP) is 1.24. The summed E-state index contributed by atoms with van der Waals surface area (Å²) in [6.45, 7) is 0.471. The first-order valence-electron chi connectivity index (χ1n) is 5.80. The molecule has 1 saturated heterocycles. The number of hydrogen-bond donors (Lipinski definition) is 1. The normalized spacial score (nSPS) is 18.6. The average molecular weight is 269 g/mol. The number of sulfonamides is 1. The Labute approximate surface area is 106 Å². The van der Waals surface area contributed by atoms with Crippen LogP contribution < -0.4 is 4.31 Å². The zero-order chi connectivity index (χ0) is 13.2. The first-order valence-corrected chi connectivity index (χ1v) is 7.41. The zero-order valence-electron chi connectivity index (χ0n) is 9.87. The Hall–Kier alpha value is -1.56. The molecule has 5 nitrogen and oxygen atoms in total. The molecule has 1 heterocycles. The molecule has 1 fully saturated rings. The molecule has 0 radical (unpaired) electrons. The van der Waals surface area contributed by atoms with Crippen molar-refractivity contribution in [2.75, 3.05) is 16.6 Å². The number of hydrogen-bond acceptors (Lipinski definition) is 3. The molecule has 1 N–H and O–H groups in total. The van der Waals surface area contributed by atoms with E-state index in [9.17, 15) is 13.2 Å².